The highest BCUT2D eigenvalue weighted by Crippen LogP contribution is 2.21. The van der Waals surface area contributed by atoms with Crippen molar-refractivity contribution in [3.8, 4) is 0 Å². The van der Waals surface area contributed by atoms with E-state index in [1.807, 2.05) is 12.2 Å². The Morgan fingerprint density at radius 2 is 2.56 bits per heavy atom. The zero-order valence-corrected chi connectivity index (χ0v) is 4.83. The monoisotopic (exact) mass is 125 g/mol. The van der Waals surface area contributed by atoms with Crippen LogP contribution in [0.25, 0.3) is 0 Å². The molecule has 2 rings (SSSR count). The summed E-state index contributed by atoms with van der Waals surface area (Å²) < 4.78 is 4.71. The second-order valence-electron chi connectivity index (χ2n) is 2.32. The first-order chi connectivity index (χ1) is 4.36. The third kappa shape index (κ3) is 0.608. The molecule has 1 fully saturated rings. The molecule has 1 aliphatic heterocycles. The highest BCUT2D eigenvalue weighted by Gasteiger charge is 2.31. The Morgan fingerprint density at radius 1 is 1.67 bits per heavy atom. The van der Waals surface area contributed by atoms with Crippen molar-refractivity contribution in [3.63, 3.8) is 0 Å². The van der Waals surface area contributed by atoms with Crippen molar-refractivity contribution in [2.45, 2.75) is 6.04 Å². The van der Waals surface area contributed by atoms with Crippen molar-refractivity contribution in [3.05, 3.63) is 12.2 Å². The van der Waals surface area contributed by atoms with Gasteiger partial charge in [0.05, 0.1) is 6.04 Å². The van der Waals surface area contributed by atoms with Gasteiger partial charge in [0.25, 0.3) is 0 Å². The standard InChI is InChI=1S/C6H7NO2/c8-6-7-5-2-1-4(5)3-9-6/h1-2,4-5H,3H2,(H,7,8)/t4-,5-/m0/s1. The number of alkyl carbamates (subject to hydrolysis) is 1. The first kappa shape index (κ1) is 4.85. The van der Waals surface area contributed by atoms with E-state index < -0.39 is 0 Å². The summed E-state index contributed by atoms with van der Waals surface area (Å²) in [5, 5.41) is 2.67. The Bertz CT molecular complexity index is 176. The molecular weight excluding hydrogens is 118 g/mol. The molecule has 1 saturated heterocycles. The average Bonchev–Trinajstić information content (AvgIpc) is 1.78. The maximum absolute atomic E-state index is 10.5. The molecule has 0 radical (unpaired) electrons. The Balaban J connectivity index is 2.09. The van der Waals surface area contributed by atoms with Crippen LogP contribution in [0.2, 0.25) is 0 Å². The highest BCUT2D eigenvalue weighted by atomic mass is 16.6. The van der Waals surface area contributed by atoms with E-state index in [4.69, 9.17) is 4.74 Å². The second kappa shape index (κ2) is 1.50. The Hall–Kier alpha value is -0.990. The number of hydrogen-bond donors (Lipinski definition) is 1. The van der Waals surface area contributed by atoms with Crippen molar-refractivity contribution in [2.75, 3.05) is 6.61 Å². The Labute approximate surface area is 52.7 Å². The number of nitrogens with one attached hydrogen (secondary N) is 1. The average molecular weight is 125 g/mol. The summed E-state index contributed by atoms with van der Waals surface area (Å²) in [6.07, 6.45) is 3.73. The number of hydrogen-bond acceptors (Lipinski definition) is 2. The van der Waals surface area contributed by atoms with Gasteiger partial charge in [0.2, 0.25) is 0 Å². The van der Waals surface area contributed by atoms with Crippen LogP contribution in [0.4, 0.5) is 4.79 Å². The number of cyclic esters (lactones) is 1. The molecule has 1 amide bonds. The topological polar surface area (TPSA) is 38.3 Å². The smallest absolute Gasteiger partial charge is 0.407 e. The fraction of sp³-hybridized carbons (Fsp3) is 0.500. The van der Waals surface area contributed by atoms with Gasteiger partial charge >= 0.3 is 6.09 Å². The van der Waals surface area contributed by atoms with Gasteiger partial charge in [0.15, 0.2) is 0 Å². The summed E-state index contributed by atoms with van der Waals surface area (Å²) in [6.45, 7) is 0.549. The maximum atomic E-state index is 10.5. The second-order valence-corrected chi connectivity index (χ2v) is 2.32. The molecule has 1 aliphatic carbocycles. The molecule has 0 aromatic carbocycles. The third-order valence-corrected chi connectivity index (χ3v) is 1.72. The van der Waals surface area contributed by atoms with E-state index in [1.54, 1.807) is 0 Å². The van der Waals surface area contributed by atoms with Crippen LogP contribution in [0.1, 0.15) is 0 Å². The number of ether oxygens (including phenoxy) is 1. The number of fused-ring (bicyclic) bond motifs is 1. The van der Waals surface area contributed by atoms with E-state index in [0.29, 0.717) is 12.5 Å². The molecule has 0 unspecified atom stereocenters. The molecule has 1 heterocycles. The summed E-state index contributed by atoms with van der Waals surface area (Å²) >= 11 is 0. The minimum absolute atomic E-state index is 0.256. The van der Waals surface area contributed by atoms with Crippen LogP contribution in [0.15, 0.2) is 12.2 Å². The van der Waals surface area contributed by atoms with Crippen molar-refractivity contribution >= 4 is 6.09 Å². The van der Waals surface area contributed by atoms with Gasteiger partial charge in [0.1, 0.15) is 6.61 Å². The first-order valence-electron chi connectivity index (χ1n) is 2.98. The number of carbonyl (C=O) groups is 1. The van der Waals surface area contributed by atoms with E-state index >= 15 is 0 Å². The number of rotatable bonds is 0. The van der Waals surface area contributed by atoms with Crippen LogP contribution in [0.5, 0.6) is 0 Å². The summed E-state index contributed by atoms with van der Waals surface area (Å²) in [6, 6.07) is 0.256. The maximum Gasteiger partial charge on any atom is 0.407 e. The first-order valence-corrected chi connectivity index (χ1v) is 2.98. The quantitative estimate of drug-likeness (QED) is 0.472. The minimum atomic E-state index is -0.291. The van der Waals surface area contributed by atoms with Gasteiger partial charge in [-0.2, -0.15) is 0 Å². The fourth-order valence-corrected chi connectivity index (χ4v) is 1.04. The van der Waals surface area contributed by atoms with Crippen molar-refractivity contribution in [2.24, 2.45) is 5.92 Å². The molecule has 0 aromatic heterocycles. The molecule has 0 aromatic rings. The van der Waals surface area contributed by atoms with Gasteiger partial charge in [-0.25, -0.2) is 4.79 Å². The lowest BCUT2D eigenvalue weighted by molar-refractivity contribution is 0.0964. The molecule has 48 valence electrons. The van der Waals surface area contributed by atoms with Gasteiger partial charge in [0, 0.05) is 5.92 Å². The van der Waals surface area contributed by atoms with Gasteiger partial charge in [-0.3, -0.25) is 0 Å². The van der Waals surface area contributed by atoms with Crippen LogP contribution >= 0.6 is 0 Å². The van der Waals surface area contributed by atoms with Gasteiger partial charge in [-0.05, 0) is 0 Å². The number of amides is 1. The minimum Gasteiger partial charge on any atom is -0.449 e. The van der Waals surface area contributed by atoms with Gasteiger partial charge in [-0.15, -0.1) is 0 Å². The predicted octanol–water partition coefficient (Wildman–Crippen LogP) is 0.281. The summed E-state index contributed by atoms with van der Waals surface area (Å²) in [5.74, 6) is 0.433. The fourth-order valence-electron chi connectivity index (χ4n) is 1.04. The van der Waals surface area contributed by atoms with E-state index in [2.05, 4.69) is 5.32 Å². The van der Waals surface area contributed by atoms with E-state index in [9.17, 15) is 4.79 Å². The number of carbonyl (C=O) groups excluding carboxylic acids is 1. The van der Waals surface area contributed by atoms with Crippen LogP contribution in [-0.2, 0) is 4.74 Å². The molecule has 0 spiro atoms. The third-order valence-electron chi connectivity index (χ3n) is 1.72. The Morgan fingerprint density at radius 3 is 3.00 bits per heavy atom. The molecule has 0 bridgehead atoms. The molecular formula is C6H7NO2. The van der Waals surface area contributed by atoms with E-state index in [1.165, 1.54) is 0 Å². The van der Waals surface area contributed by atoms with Crippen LogP contribution < -0.4 is 5.32 Å². The lowest BCUT2D eigenvalue weighted by atomic mass is 9.89. The van der Waals surface area contributed by atoms with Crippen molar-refractivity contribution in [1.29, 1.82) is 0 Å². The van der Waals surface area contributed by atoms with E-state index in [0.717, 1.165) is 0 Å². The molecule has 2 aliphatic rings. The molecule has 1 N–H and O–H groups in total. The largest absolute Gasteiger partial charge is 0.449 e. The summed E-state index contributed by atoms with van der Waals surface area (Å²) in [4.78, 5) is 10.5. The summed E-state index contributed by atoms with van der Waals surface area (Å²) in [7, 11) is 0. The molecule has 2 atom stereocenters. The molecule has 3 nitrogen and oxygen atoms in total. The zero-order chi connectivity index (χ0) is 6.27. The zero-order valence-electron chi connectivity index (χ0n) is 4.83. The molecule has 3 heteroatoms. The Kier molecular flexibility index (Phi) is 0.806. The molecule has 9 heavy (non-hydrogen) atoms. The lowest BCUT2D eigenvalue weighted by Crippen LogP contribution is -2.49. The van der Waals surface area contributed by atoms with Crippen molar-refractivity contribution in [1.82, 2.24) is 5.32 Å². The normalized spacial score (nSPS) is 38.0. The van der Waals surface area contributed by atoms with Gasteiger partial charge < -0.3 is 10.1 Å². The van der Waals surface area contributed by atoms with Crippen LogP contribution in [0.3, 0.4) is 0 Å². The van der Waals surface area contributed by atoms with Crippen molar-refractivity contribution < 1.29 is 9.53 Å². The SMILES string of the molecule is O=C1N[C@H]2C=C[C@H]2CO1. The summed E-state index contributed by atoms with van der Waals surface area (Å²) in [5.41, 5.74) is 0. The lowest BCUT2D eigenvalue weighted by Gasteiger charge is -2.33. The van der Waals surface area contributed by atoms with E-state index in [-0.39, 0.29) is 12.1 Å². The molecule has 0 saturated carbocycles. The van der Waals surface area contributed by atoms with Gasteiger partial charge in [-0.1, -0.05) is 12.2 Å². The predicted molar refractivity (Wildman–Crippen MR) is 30.9 cm³/mol. The highest BCUT2D eigenvalue weighted by molar-refractivity contribution is 5.69. The van der Waals surface area contributed by atoms with Crippen LogP contribution in [-0.4, -0.2) is 18.7 Å². The van der Waals surface area contributed by atoms with Crippen LogP contribution in [0, 0.1) is 5.92 Å².